The highest BCUT2D eigenvalue weighted by molar-refractivity contribution is 5.84. The van der Waals surface area contributed by atoms with Crippen LogP contribution in [-0.2, 0) is 0 Å². The summed E-state index contributed by atoms with van der Waals surface area (Å²) in [7, 11) is 0. The van der Waals surface area contributed by atoms with Crippen molar-refractivity contribution >= 4 is 11.0 Å². The molecule has 0 radical (unpaired) electrons. The molecule has 3 aromatic rings. The van der Waals surface area contributed by atoms with E-state index in [0.717, 1.165) is 18.2 Å². The quantitative estimate of drug-likeness (QED) is 0.465. The van der Waals surface area contributed by atoms with Gasteiger partial charge in [0.25, 0.3) is 0 Å². The molecule has 1 heterocycles. The van der Waals surface area contributed by atoms with Crippen LogP contribution < -0.4 is 9.47 Å². The topological polar surface area (TPSA) is 31.6 Å². The van der Waals surface area contributed by atoms with Gasteiger partial charge < -0.3 is 13.9 Å². The van der Waals surface area contributed by atoms with Crippen molar-refractivity contribution in [3.63, 3.8) is 0 Å². The molecule has 6 heteroatoms. The molecule has 1 aromatic heterocycles. The van der Waals surface area contributed by atoms with Crippen LogP contribution in [0.1, 0.15) is 33.6 Å². The fourth-order valence-corrected chi connectivity index (χ4v) is 3.07. The summed E-state index contributed by atoms with van der Waals surface area (Å²) in [5.74, 6) is 0.258. The smallest absolute Gasteiger partial charge is 0.488 e. The van der Waals surface area contributed by atoms with E-state index < -0.39 is 12.0 Å². The molecule has 0 unspecified atom stereocenters. The Hall–Kier alpha value is -2.63. The number of hydrogen-bond acceptors (Lipinski definition) is 3. The number of alkyl halides is 3. The predicted molar refractivity (Wildman–Crippen MR) is 97.9 cm³/mol. The van der Waals surface area contributed by atoms with Gasteiger partial charge in [-0.2, -0.15) is 0 Å². The highest BCUT2D eigenvalue weighted by Gasteiger charge is 2.33. The lowest BCUT2D eigenvalue weighted by molar-refractivity contribution is -0.274. The number of fused-ring (bicyclic) bond motifs is 1. The zero-order valence-corrected chi connectivity index (χ0v) is 15.4. The zero-order valence-electron chi connectivity index (χ0n) is 15.4. The number of para-hydroxylation sites is 1. The molecule has 0 amide bonds. The Balaban J connectivity index is 2.02. The summed E-state index contributed by atoms with van der Waals surface area (Å²) in [6.45, 7) is 5.82. The standard InChI is InChI=1S/C21H21F3O3/c1-4-11-20(2,3)26-15-9-10-16(19(13-15)27-21(22,23)24)18-12-14-7-5-6-8-17(14)25-18/h5-10,12-13H,4,11H2,1-3H3. The van der Waals surface area contributed by atoms with Gasteiger partial charge in [0.1, 0.15) is 28.4 Å². The first-order valence-corrected chi connectivity index (χ1v) is 8.75. The fourth-order valence-electron chi connectivity index (χ4n) is 3.07. The van der Waals surface area contributed by atoms with E-state index in [9.17, 15) is 13.2 Å². The van der Waals surface area contributed by atoms with Crippen LogP contribution in [0.2, 0.25) is 0 Å². The molecular weight excluding hydrogens is 357 g/mol. The van der Waals surface area contributed by atoms with Crippen molar-refractivity contribution in [2.75, 3.05) is 0 Å². The van der Waals surface area contributed by atoms with Crippen LogP contribution in [0.5, 0.6) is 11.5 Å². The van der Waals surface area contributed by atoms with Crippen LogP contribution in [0, 0.1) is 0 Å². The maximum Gasteiger partial charge on any atom is 0.573 e. The molecule has 0 bridgehead atoms. The molecule has 0 saturated heterocycles. The molecule has 27 heavy (non-hydrogen) atoms. The lowest BCUT2D eigenvalue weighted by Crippen LogP contribution is -2.27. The monoisotopic (exact) mass is 378 g/mol. The summed E-state index contributed by atoms with van der Waals surface area (Å²) in [5.41, 5.74) is 0.310. The maximum atomic E-state index is 12.9. The normalized spacial score (nSPS) is 12.4. The highest BCUT2D eigenvalue weighted by atomic mass is 19.4. The molecule has 0 aliphatic rings. The van der Waals surface area contributed by atoms with Crippen LogP contribution in [-0.4, -0.2) is 12.0 Å². The van der Waals surface area contributed by atoms with Crippen LogP contribution in [0.4, 0.5) is 13.2 Å². The Morgan fingerprint density at radius 2 is 1.70 bits per heavy atom. The Labute approximate surface area is 155 Å². The Morgan fingerprint density at radius 1 is 0.963 bits per heavy atom. The van der Waals surface area contributed by atoms with E-state index in [1.165, 1.54) is 12.1 Å². The first kappa shape index (κ1) is 19.1. The summed E-state index contributed by atoms with van der Waals surface area (Å²) in [6, 6.07) is 13.3. The fraction of sp³-hybridized carbons (Fsp3) is 0.333. The molecule has 0 aliphatic heterocycles. The number of furan rings is 1. The molecule has 0 spiro atoms. The summed E-state index contributed by atoms with van der Waals surface area (Å²) >= 11 is 0. The summed E-state index contributed by atoms with van der Waals surface area (Å²) in [5, 5.41) is 0.801. The number of ether oxygens (including phenoxy) is 2. The van der Waals surface area contributed by atoms with Gasteiger partial charge in [0.05, 0.1) is 5.56 Å². The van der Waals surface area contributed by atoms with Gasteiger partial charge in [0.2, 0.25) is 0 Å². The Kier molecular flexibility index (Phi) is 5.09. The van der Waals surface area contributed by atoms with E-state index in [4.69, 9.17) is 9.15 Å². The first-order chi connectivity index (χ1) is 12.7. The molecule has 2 aromatic carbocycles. The highest BCUT2D eigenvalue weighted by Crippen LogP contribution is 2.39. The minimum absolute atomic E-state index is 0.212. The van der Waals surface area contributed by atoms with Crippen LogP contribution >= 0.6 is 0 Å². The lowest BCUT2D eigenvalue weighted by atomic mass is 10.0. The zero-order chi connectivity index (χ0) is 19.7. The molecule has 0 saturated carbocycles. The van der Waals surface area contributed by atoms with Crippen molar-refractivity contribution in [1.82, 2.24) is 0 Å². The van der Waals surface area contributed by atoms with Crippen molar-refractivity contribution < 1.29 is 27.1 Å². The Morgan fingerprint density at radius 3 is 2.37 bits per heavy atom. The maximum absolute atomic E-state index is 12.9. The molecule has 3 rings (SSSR count). The largest absolute Gasteiger partial charge is 0.573 e. The van der Waals surface area contributed by atoms with Gasteiger partial charge >= 0.3 is 6.36 Å². The minimum atomic E-state index is -4.82. The number of halogens is 3. The van der Waals surface area contributed by atoms with Gasteiger partial charge in [0, 0.05) is 11.5 Å². The third-order valence-corrected chi connectivity index (χ3v) is 4.12. The van der Waals surface area contributed by atoms with Gasteiger partial charge in [-0.3, -0.25) is 0 Å². The lowest BCUT2D eigenvalue weighted by Gasteiger charge is -2.26. The molecule has 0 N–H and O–H groups in total. The summed E-state index contributed by atoms with van der Waals surface area (Å²) in [6.07, 6.45) is -3.15. The third kappa shape index (κ3) is 4.76. The SMILES string of the molecule is CCCC(C)(C)Oc1ccc(-c2cc3ccccc3o2)c(OC(F)(F)F)c1. The second-order valence-electron chi connectivity index (χ2n) is 6.97. The third-order valence-electron chi connectivity index (χ3n) is 4.12. The van der Waals surface area contributed by atoms with Crippen molar-refractivity contribution in [3.05, 3.63) is 48.5 Å². The van der Waals surface area contributed by atoms with Crippen molar-refractivity contribution in [1.29, 1.82) is 0 Å². The summed E-state index contributed by atoms with van der Waals surface area (Å²) in [4.78, 5) is 0. The van der Waals surface area contributed by atoms with Gasteiger partial charge in [0.15, 0.2) is 0 Å². The number of rotatable bonds is 6. The van der Waals surface area contributed by atoms with Crippen molar-refractivity contribution in [3.8, 4) is 22.8 Å². The van der Waals surface area contributed by atoms with E-state index in [1.54, 1.807) is 24.3 Å². The van der Waals surface area contributed by atoms with E-state index in [2.05, 4.69) is 4.74 Å². The van der Waals surface area contributed by atoms with Crippen LogP contribution in [0.15, 0.2) is 52.9 Å². The second-order valence-corrected chi connectivity index (χ2v) is 6.97. The molecule has 0 atom stereocenters. The Bertz CT molecular complexity index is 893. The van der Waals surface area contributed by atoms with E-state index in [1.807, 2.05) is 32.9 Å². The van der Waals surface area contributed by atoms with Crippen LogP contribution in [0.25, 0.3) is 22.3 Å². The molecule has 144 valence electrons. The van der Waals surface area contributed by atoms with Crippen molar-refractivity contribution in [2.24, 2.45) is 0 Å². The first-order valence-electron chi connectivity index (χ1n) is 8.75. The van der Waals surface area contributed by atoms with Gasteiger partial charge in [-0.05, 0) is 44.5 Å². The number of hydrogen-bond donors (Lipinski definition) is 0. The molecule has 0 aliphatic carbocycles. The second kappa shape index (κ2) is 7.18. The van der Waals surface area contributed by atoms with Gasteiger partial charge in [-0.25, -0.2) is 0 Å². The number of benzene rings is 2. The van der Waals surface area contributed by atoms with Crippen LogP contribution in [0.3, 0.4) is 0 Å². The molecule has 0 fully saturated rings. The van der Waals surface area contributed by atoms with E-state index in [-0.39, 0.29) is 11.3 Å². The van der Waals surface area contributed by atoms with Gasteiger partial charge in [-0.15, -0.1) is 13.2 Å². The average Bonchev–Trinajstić information content (AvgIpc) is 2.96. The summed E-state index contributed by atoms with van der Waals surface area (Å²) < 4.78 is 54.6. The van der Waals surface area contributed by atoms with E-state index >= 15 is 0 Å². The minimum Gasteiger partial charge on any atom is -0.488 e. The van der Waals surface area contributed by atoms with E-state index in [0.29, 0.717) is 17.1 Å². The van der Waals surface area contributed by atoms with Gasteiger partial charge in [-0.1, -0.05) is 31.5 Å². The predicted octanol–water partition coefficient (Wildman–Crippen LogP) is 6.96. The van der Waals surface area contributed by atoms with Crippen molar-refractivity contribution in [2.45, 2.75) is 45.6 Å². The molecule has 3 nitrogen and oxygen atoms in total. The molecular formula is C21H21F3O3. The average molecular weight is 378 g/mol.